The lowest BCUT2D eigenvalue weighted by Crippen LogP contribution is -2.41. The first-order chi connectivity index (χ1) is 20.2. The van der Waals surface area contributed by atoms with E-state index in [4.69, 9.17) is 17.4 Å². The number of halogens is 1. The lowest BCUT2D eigenvalue weighted by Gasteiger charge is -2.08. The number of carbonyl (C=O) groups is 4. The molecule has 0 aliphatic heterocycles. The van der Waals surface area contributed by atoms with E-state index in [0.29, 0.717) is 22.3 Å². The lowest BCUT2D eigenvalue weighted by molar-refractivity contribution is 0.0846. The van der Waals surface area contributed by atoms with Crippen LogP contribution in [-0.2, 0) is 0 Å². The number of nitrogens with two attached hydrogens (primary N) is 1. The maximum atomic E-state index is 11.9. The second kappa shape index (κ2) is 20.2. The number of amides is 3. The highest BCUT2D eigenvalue weighted by atomic mass is 35.5. The molecule has 0 atom stereocenters. The third-order valence-corrected chi connectivity index (χ3v) is 5.44. The molecule has 5 N–H and O–H groups in total. The predicted octanol–water partition coefficient (Wildman–Crippen LogP) is 5.68. The monoisotopic (exact) mass is 605 g/mol. The van der Waals surface area contributed by atoms with Crippen molar-refractivity contribution >= 4 is 43.6 Å². The largest absolute Gasteiger partial charge is 0.290 e. The van der Waals surface area contributed by atoms with Gasteiger partial charge in [0.05, 0.1) is 0 Å². The minimum absolute atomic E-state index is 0.263. The van der Waals surface area contributed by atoms with Gasteiger partial charge in [0.2, 0.25) is 0 Å². The highest BCUT2D eigenvalue weighted by Crippen LogP contribution is 2.09. The Kier molecular flexibility index (Phi) is 17.0. The number of hydrogen-bond acceptors (Lipinski definition) is 6. The molecule has 0 fully saturated rings. The van der Waals surface area contributed by atoms with E-state index in [1.165, 1.54) is 0 Å². The topological polar surface area (TPSA) is 143 Å². The molecule has 4 aromatic rings. The van der Waals surface area contributed by atoms with Gasteiger partial charge in [0.15, 0.2) is 0 Å². The second-order valence-corrected chi connectivity index (χ2v) is 9.03. The molecule has 4 rings (SSSR count). The van der Waals surface area contributed by atoms with Gasteiger partial charge in [0, 0.05) is 29.3 Å². The Hall–Kier alpha value is -4.69. The third-order valence-electron chi connectivity index (χ3n) is 5.24. The molecular weight excluding hydrogens is 573 g/mol. The molecule has 218 valence electrons. The highest BCUT2D eigenvalue weighted by Gasteiger charge is 2.10. The average molecular weight is 606 g/mol. The summed E-state index contributed by atoms with van der Waals surface area (Å²) in [6, 6.07) is 31.9. The summed E-state index contributed by atoms with van der Waals surface area (Å²) in [6.45, 7) is 3.70. The van der Waals surface area contributed by atoms with Crippen molar-refractivity contribution < 1.29 is 19.2 Å². The number of nitrogens with zero attached hydrogens (tertiary/aromatic N) is 1. The molecule has 0 heterocycles. The standard InChI is InChI=1S/C15H14N2O2.C8H7ClO.C7H8N2O.CH4NP/c1-11-7-5-6-10-13(11)15(19)17-16-14(18)12-8-3-2-4-9-12;1-6-4-2-3-5-7(6)8(9)10;8-9-7(10)6-4-2-1-3-5-6;1-2-3/h2-10H,1H3,(H,16,18)(H,17,19);2-5H,1H3;1-5H,8H2,(H,9,10);3H,1H3. The van der Waals surface area contributed by atoms with Crippen LogP contribution in [0.15, 0.2) is 114 Å². The van der Waals surface area contributed by atoms with Crippen molar-refractivity contribution in [2.75, 3.05) is 7.05 Å². The first kappa shape index (κ1) is 35.3. The molecule has 0 unspecified atom stereocenters. The van der Waals surface area contributed by atoms with Crippen molar-refractivity contribution in [2.24, 2.45) is 10.6 Å². The van der Waals surface area contributed by atoms with E-state index in [1.54, 1.807) is 79.8 Å². The molecule has 0 aromatic heterocycles. The predicted molar refractivity (Wildman–Crippen MR) is 169 cm³/mol. The summed E-state index contributed by atoms with van der Waals surface area (Å²) in [7, 11) is 4.47. The molecule has 11 heteroatoms. The Morgan fingerprint density at radius 2 is 0.976 bits per heavy atom. The van der Waals surface area contributed by atoms with Crippen LogP contribution in [0.2, 0.25) is 0 Å². The first-order valence-corrected chi connectivity index (χ1v) is 13.3. The zero-order valence-electron chi connectivity index (χ0n) is 23.4. The summed E-state index contributed by atoms with van der Waals surface area (Å²) in [5, 5.41) is -0.391. The number of benzene rings is 4. The molecule has 3 amide bonds. The minimum Gasteiger partial charge on any atom is -0.290 e. The summed E-state index contributed by atoms with van der Waals surface area (Å²) in [5.41, 5.74) is 10.8. The Bertz CT molecular complexity index is 1450. The van der Waals surface area contributed by atoms with Gasteiger partial charge in [-0.15, -0.1) is 0 Å². The first-order valence-electron chi connectivity index (χ1n) is 12.4. The SMILES string of the molecule is CN=P.Cc1ccccc1C(=O)Cl.Cc1ccccc1C(=O)NNC(=O)c1ccccc1.NNC(=O)c1ccccc1. The minimum atomic E-state index is -0.391. The van der Waals surface area contributed by atoms with Gasteiger partial charge in [0.25, 0.3) is 23.0 Å². The van der Waals surface area contributed by atoms with Crippen LogP contribution in [0.4, 0.5) is 0 Å². The number of nitrogen functional groups attached to an aromatic ring is 1. The van der Waals surface area contributed by atoms with Crippen molar-refractivity contribution in [3.05, 3.63) is 143 Å². The van der Waals surface area contributed by atoms with Crippen LogP contribution < -0.4 is 22.1 Å². The molecular formula is C31H33ClN5O4P. The Balaban J connectivity index is 0.000000325. The van der Waals surface area contributed by atoms with Crippen LogP contribution in [0.5, 0.6) is 0 Å². The van der Waals surface area contributed by atoms with Gasteiger partial charge in [0.1, 0.15) is 0 Å². The number of rotatable bonds is 4. The van der Waals surface area contributed by atoms with Gasteiger partial charge in [-0.2, -0.15) is 0 Å². The number of hydrogen-bond donors (Lipinski definition) is 4. The summed E-state index contributed by atoms with van der Waals surface area (Å²) >= 11 is 5.27. The lowest BCUT2D eigenvalue weighted by atomic mass is 10.1. The maximum absolute atomic E-state index is 11.9. The van der Waals surface area contributed by atoms with Gasteiger partial charge >= 0.3 is 0 Å². The smallest absolute Gasteiger partial charge is 0.269 e. The van der Waals surface area contributed by atoms with E-state index in [0.717, 1.165) is 11.1 Å². The van der Waals surface area contributed by atoms with E-state index >= 15 is 0 Å². The molecule has 0 spiro atoms. The molecule has 0 aliphatic carbocycles. The molecule has 42 heavy (non-hydrogen) atoms. The Morgan fingerprint density at radius 3 is 1.36 bits per heavy atom. The number of aryl methyl sites for hydroxylation is 2. The second-order valence-electron chi connectivity index (χ2n) is 8.24. The fourth-order valence-electron chi connectivity index (χ4n) is 3.14. The van der Waals surface area contributed by atoms with Crippen molar-refractivity contribution in [1.82, 2.24) is 16.3 Å². The average Bonchev–Trinajstić information content (AvgIpc) is 3.01. The van der Waals surface area contributed by atoms with Crippen molar-refractivity contribution in [3.63, 3.8) is 0 Å². The quantitative estimate of drug-likeness (QED) is 0.0778. The third kappa shape index (κ3) is 13.1. The molecule has 0 saturated carbocycles. The summed E-state index contributed by atoms with van der Waals surface area (Å²) in [4.78, 5) is 45.0. The Labute approximate surface area is 252 Å². The van der Waals surface area contributed by atoms with E-state index in [9.17, 15) is 19.2 Å². The zero-order valence-corrected chi connectivity index (χ0v) is 25.2. The van der Waals surface area contributed by atoms with Gasteiger partial charge in [-0.05, 0) is 82.0 Å². The summed E-state index contributed by atoms with van der Waals surface area (Å²) in [5.74, 6) is 3.97. The van der Waals surface area contributed by atoms with Crippen LogP contribution >= 0.6 is 20.6 Å². The van der Waals surface area contributed by atoms with Gasteiger partial charge in [-0.3, -0.25) is 40.2 Å². The number of carbonyl (C=O) groups excluding carboxylic acids is 4. The normalized spacial score (nSPS) is 9.07. The molecule has 0 aliphatic rings. The van der Waals surface area contributed by atoms with Gasteiger partial charge in [-0.25, -0.2) is 5.84 Å². The molecule has 4 aromatic carbocycles. The van der Waals surface area contributed by atoms with Crippen LogP contribution in [0.3, 0.4) is 0 Å². The number of nitrogens with one attached hydrogen (secondary N) is 3. The van der Waals surface area contributed by atoms with Crippen molar-refractivity contribution in [2.45, 2.75) is 13.8 Å². The maximum Gasteiger partial charge on any atom is 0.269 e. The van der Waals surface area contributed by atoms with Crippen LogP contribution in [0, 0.1) is 13.8 Å². The van der Waals surface area contributed by atoms with Crippen LogP contribution in [0.1, 0.15) is 52.6 Å². The Morgan fingerprint density at radius 1 is 0.619 bits per heavy atom. The van der Waals surface area contributed by atoms with Gasteiger partial charge < -0.3 is 0 Å². The summed E-state index contributed by atoms with van der Waals surface area (Å²) in [6.07, 6.45) is 0. The molecule has 0 radical (unpaired) electrons. The molecule has 0 saturated heterocycles. The van der Waals surface area contributed by atoms with E-state index in [1.807, 2.05) is 55.7 Å². The van der Waals surface area contributed by atoms with Crippen LogP contribution in [0.25, 0.3) is 0 Å². The van der Waals surface area contributed by atoms with Crippen LogP contribution in [-0.4, -0.2) is 30.0 Å². The van der Waals surface area contributed by atoms with E-state index in [2.05, 4.69) is 24.6 Å². The number of hydrazine groups is 2. The van der Waals surface area contributed by atoms with E-state index < -0.39 is 5.24 Å². The van der Waals surface area contributed by atoms with Crippen molar-refractivity contribution in [1.29, 1.82) is 0 Å². The zero-order chi connectivity index (χ0) is 31.3. The summed E-state index contributed by atoms with van der Waals surface area (Å²) < 4.78 is 3.31. The van der Waals surface area contributed by atoms with E-state index in [-0.39, 0.29) is 17.7 Å². The van der Waals surface area contributed by atoms with Gasteiger partial charge in [-0.1, -0.05) is 72.8 Å². The molecule has 9 nitrogen and oxygen atoms in total. The fourth-order valence-corrected chi connectivity index (χ4v) is 3.35. The fraction of sp³-hybridized carbons (Fsp3) is 0.0968. The highest BCUT2D eigenvalue weighted by molar-refractivity contribution is 7.03. The molecule has 0 bridgehead atoms. The van der Waals surface area contributed by atoms with Crippen molar-refractivity contribution in [3.8, 4) is 0 Å².